The number of rotatable bonds is 3. The third-order valence-corrected chi connectivity index (χ3v) is 5.84. The van der Waals surface area contributed by atoms with Crippen LogP contribution in [0.1, 0.15) is 16.8 Å². The van der Waals surface area contributed by atoms with Crippen LogP contribution in [0.25, 0.3) is 5.69 Å². The average Bonchev–Trinajstić information content (AvgIpc) is 3.15. The van der Waals surface area contributed by atoms with Gasteiger partial charge in [0, 0.05) is 36.7 Å². The fourth-order valence-electron chi connectivity index (χ4n) is 2.73. The average molecular weight is 318 g/mol. The number of aromatic nitrogens is 1. The van der Waals surface area contributed by atoms with Crippen LogP contribution in [-0.2, 0) is 9.84 Å². The molecule has 5 nitrogen and oxygen atoms in total. The van der Waals surface area contributed by atoms with E-state index in [2.05, 4.69) is 0 Å². The molecule has 0 radical (unpaired) electrons. The van der Waals surface area contributed by atoms with Crippen molar-refractivity contribution >= 4 is 15.7 Å². The maximum absolute atomic E-state index is 12.5. The Morgan fingerprint density at radius 3 is 2.36 bits per heavy atom. The molecule has 2 aromatic rings. The SMILES string of the molecule is CN(C(=O)c1ccc(-n2cccc2)cc1)[C@H]1CCS(=O)(=O)C1. The Kier molecular flexibility index (Phi) is 3.78. The molecule has 1 aromatic heterocycles. The van der Waals surface area contributed by atoms with Gasteiger partial charge in [0.2, 0.25) is 0 Å². The van der Waals surface area contributed by atoms with Crippen molar-refractivity contribution < 1.29 is 13.2 Å². The van der Waals surface area contributed by atoms with Crippen LogP contribution in [-0.4, -0.2) is 48.4 Å². The summed E-state index contributed by atoms with van der Waals surface area (Å²) in [6.07, 6.45) is 4.39. The van der Waals surface area contributed by atoms with Gasteiger partial charge in [0.15, 0.2) is 9.84 Å². The molecule has 1 aliphatic rings. The lowest BCUT2D eigenvalue weighted by atomic mass is 10.1. The number of hydrogen-bond acceptors (Lipinski definition) is 3. The van der Waals surface area contributed by atoms with Crippen LogP contribution in [0.2, 0.25) is 0 Å². The molecule has 2 heterocycles. The molecule has 6 heteroatoms. The highest BCUT2D eigenvalue weighted by Crippen LogP contribution is 2.19. The number of benzene rings is 1. The van der Waals surface area contributed by atoms with E-state index in [0.29, 0.717) is 12.0 Å². The molecule has 1 saturated heterocycles. The molecular weight excluding hydrogens is 300 g/mol. The molecule has 0 N–H and O–H groups in total. The van der Waals surface area contributed by atoms with Crippen LogP contribution in [0, 0.1) is 0 Å². The van der Waals surface area contributed by atoms with Gasteiger partial charge in [-0.2, -0.15) is 0 Å². The summed E-state index contributed by atoms with van der Waals surface area (Å²) < 4.78 is 25.0. The van der Waals surface area contributed by atoms with Crippen LogP contribution in [0.3, 0.4) is 0 Å². The van der Waals surface area contributed by atoms with Crippen LogP contribution in [0.5, 0.6) is 0 Å². The van der Waals surface area contributed by atoms with Crippen molar-refractivity contribution in [1.29, 1.82) is 0 Å². The van der Waals surface area contributed by atoms with E-state index in [1.165, 1.54) is 0 Å². The van der Waals surface area contributed by atoms with Gasteiger partial charge in [-0.1, -0.05) is 0 Å². The summed E-state index contributed by atoms with van der Waals surface area (Å²) in [5.41, 5.74) is 1.55. The van der Waals surface area contributed by atoms with Crippen molar-refractivity contribution in [3.05, 3.63) is 54.4 Å². The second-order valence-electron chi connectivity index (χ2n) is 5.61. The summed E-state index contributed by atoms with van der Waals surface area (Å²) in [6, 6.07) is 11.0. The first-order valence-electron chi connectivity index (χ1n) is 7.17. The predicted molar refractivity (Wildman–Crippen MR) is 84.9 cm³/mol. The molecule has 0 unspecified atom stereocenters. The third-order valence-electron chi connectivity index (χ3n) is 4.09. The highest BCUT2D eigenvalue weighted by molar-refractivity contribution is 7.91. The molecule has 22 heavy (non-hydrogen) atoms. The zero-order valence-corrected chi connectivity index (χ0v) is 13.2. The first-order chi connectivity index (χ1) is 10.5. The van der Waals surface area contributed by atoms with E-state index >= 15 is 0 Å². The third kappa shape index (κ3) is 2.92. The first kappa shape index (κ1) is 14.8. The zero-order chi connectivity index (χ0) is 15.7. The topological polar surface area (TPSA) is 59.4 Å². The molecule has 3 rings (SSSR count). The van der Waals surface area contributed by atoms with Gasteiger partial charge in [-0.05, 0) is 42.8 Å². The Bertz CT molecular complexity index is 764. The Morgan fingerprint density at radius 1 is 1.18 bits per heavy atom. The normalized spacial score (nSPS) is 20.0. The van der Waals surface area contributed by atoms with Gasteiger partial charge in [0.25, 0.3) is 5.91 Å². The molecule has 1 atom stereocenters. The highest BCUT2D eigenvalue weighted by atomic mass is 32.2. The lowest BCUT2D eigenvalue weighted by Gasteiger charge is -2.23. The lowest BCUT2D eigenvalue weighted by Crippen LogP contribution is -2.37. The van der Waals surface area contributed by atoms with Crippen molar-refractivity contribution in [3.63, 3.8) is 0 Å². The van der Waals surface area contributed by atoms with E-state index in [1.54, 1.807) is 24.1 Å². The van der Waals surface area contributed by atoms with Crippen LogP contribution in [0.15, 0.2) is 48.8 Å². The minimum absolute atomic E-state index is 0.0662. The maximum atomic E-state index is 12.5. The molecule has 1 amide bonds. The Hall–Kier alpha value is -2.08. The second kappa shape index (κ2) is 5.61. The Balaban J connectivity index is 1.75. The number of nitrogens with zero attached hydrogens (tertiary/aromatic N) is 2. The summed E-state index contributed by atoms with van der Waals surface area (Å²) in [4.78, 5) is 14.0. The summed E-state index contributed by atoms with van der Waals surface area (Å²) in [6.45, 7) is 0. The molecule has 1 fully saturated rings. The van der Waals surface area contributed by atoms with Gasteiger partial charge >= 0.3 is 0 Å². The van der Waals surface area contributed by atoms with Gasteiger partial charge in [-0.25, -0.2) is 8.42 Å². The standard InChI is InChI=1S/C16H18N2O3S/c1-17(15-8-11-22(20,21)12-15)16(19)13-4-6-14(7-5-13)18-9-2-3-10-18/h2-7,9-10,15H,8,11-12H2,1H3/t15-/m0/s1. The van der Waals surface area contributed by atoms with E-state index in [0.717, 1.165) is 5.69 Å². The Morgan fingerprint density at radius 2 is 1.82 bits per heavy atom. The largest absolute Gasteiger partial charge is 0.338 e. The minimum Gasteiger partial charge on any atom is -0.338 e. The number of carbonyl (C=O) groups is 1. The Labute approximate surface area is 130 Å². The molecule has 0 aliphatic carbocycles. The summed E-state index contributed by atoms with van der Waals surface area (Å²) in [5.74, 6) is 0.0968. The van der Waals surface area contributed by atoms with Gasteiger partial charge in [-0.15, -0.1) is 0 Å². The monoisotopic (exact) mass is 318 g/mol. The van der Waals surface area contributed by atoms with E-state index in [9.17, 15) is 13.2 Å². The van der Waals surface area contributed by atoms with E-state index in [4.69, 9.17) is 0 Å². The fourth-order valence-corrected chi connectivity index (χ4v) is 4.51. The fraction of sp³-hybridized carbons (Fsp3) is 0.312. The number of amides is 1. The smallest absolute Gasteiger partial charge is 0.253 e. The molecule has 1 aromatic carbocycles. The number of sulfone groups is 1. The lowest BCUT2D eigenvalue weighted by molar-refractivity contribution is 0.0747. The van der Waals surface area contributed by atoms with Crippen molar-refractivity contribution in [2.45, 2.75) is 12.5 Å². The quantitative estimate of drug-likeness (QED) is 0.866. The molecular formula is C16H18N2O3S. The number of hydrogen-bond donors (Lipinski definition) is 0. The molecule has 116 valence electrons. The molecule has 0 saturated carbocycles. The van der Waals surface area contributed by atoms with Crippen molar-refractivity contribution in [2.24, 2.45) is 0 Å². The molecule has 0 bridgehead atoms. The first-order valence-corrected chi connectivity index (χ1v) is 8.99. The number of carbonyl (C=O) groups excluding carboxylic acids is 1. The van der Waals surface area contributed by atoms with Gasteiger partial charge < -0.3 is 9.47 Å². The zero-order valence-electron chi connectivity index (χ0n) is 12.3. The maximum Gasteiger partial charge on any atom is 0.253 e. The molecule has 0 spiro atoms. The van der Waals surface area contributed by atoms with Crippen molar-refractivity contribution in [3.8, 4) is 5.69 Å². The van der Waals surface area contributed by atoms with E-state index in [1.807, 2.05) is 41.2 Å². The predicted octanol–water partition coefficient (Wildman–Crippen LogP) is 1.74. The van der Waals surface area contributed by atoms with E-state index in [-0.39, 0.29) is 23.5 Å². The van der Waals surface area contributed by atoms with Crippen molar-refractivity contribution in [1.82, 2.24) is 9.47 Å². The summed E-state index contributed by atoms with van der Waals surface area (Å²) in [7, 11) is -1.32. The van der Waals surface area contributed by atoms with E-state index < -0.39 is 9.84 Å². The minimum atomic E-state index is -2.99. The van der Waals surface area contributed by atoms with Crippen LogP contribution < -0.4 is 0 Å². The summed E-state index contributed by atoms with van der Waals surface area (Å²) >= 11 is 0. The van der Waals surface area contributed by atoms with Gasteiger partial charge in [0.1, 0.15) is 0 Å². The summed E-state index contributed by atoms with van der Waals surface area (Å²) in [5, 5.41) is 0. The van der Waals surface area contributed by atoms with Crippen molar-refractivity contribution in [2.75, 3.05) is 18.6 Å². The van der Waals surface area contributed by atoms with Gasteiger partial charge in [0.05, 0.1) is 11.5 Å². The van der Waals surface area contributed by atoms with Crippen LogP contribution >= 0.6 is 0 Å². The second-order valence-corrected chi connectivity index (χ2v) is 7.84. The van der Waals surface area contributed by atoms with Gasteiger partial charge in [-0.3, -0.25) is 4.79 Å². The van der Waals surface area contributed by atoms with Crippen LogP contribution in [0.4, 0.5) is 0 Å². The molecule has 1 aliphatic heterocycles. The highest BCUT2D eigenvalue weighted by Gasteiger charge is 2.32.